The van der Waals surface area contributed by atoms with Crippen molar-refractivity contribution in [2.75, 3.05) is 16.8 Å². The fourth-order valence-corrected chi connectivity index (χ4v) is 4.26. The molecule has 7 nitrogen and oxygen atoms in total. The number of amides is 1. The first-order valence-electron chi connectivity index (χ1n) is 8.52. The molecule has 3 aromatic rings. The van der Waals surface area contributed by atoms with E-state index >= 15 is 0 Å². The lowest BCUT2D eigenvalue weighted by atomic mass is 10.2. The molecule has 1 aromatic heterocycles. The monoisotopic (exact) mass is 417 g/mol. The first-order chi connectivity index (χ1) is 13.4. The summed E-state index contributed by atoms with van der Waals surface area (Å²) in [6.07, 6.45) is 0.0677. The highest BCUT2D eigenvalue weighted by molar-refractivity contribution is 8.00. The molecule has 146 valence electrons. The number of hydrogen-bond acceptors (Lipinski definition) is 7. The summed E-state index contributed by atoms with van der Waals surface area (Å²) < 4.78 is 29.9. The summed E-state index contributed by atoms with van der Waals surface area (Å²) in [7, 11) is -3.43. The zero-order valence-electron chi connectivity index (χ0n) is 15.2. The van der Waals surface area contributed by atoms with Gasteiger partial charge in [0.1, 0.15) is 0 Å². The van der Waals surface area contributed by atoms with Gasteiger partial charge in [-0.25, -0.2) is 8.42 Å². The predicted molar refractivity (Wildman–Crippen MR) is 107 cm³/mol. The molecule has 28 heavy (non-hydrogen) atoms. The van der Waals surface area contributed by atoms with Crippen molar-refractivity contribution in [1.82, 2.24) is 10.2 Å². The van der Waals surface area contributed by atoms with Gasteiger partial charge in [0, 0.05) is 11.3 Å². The molecular formula is C19H19N3O4S2. The first kappa shape index (κ1) is 20.1. The number of aryl methyl sites for hydroxylation is 2. The van der Waals surface area contributed by atoms with Gasteiger partial charge in [0.05, 0.1) is 16.4 Å². The predicted octanol–water partition coefficient (Wildman–Crippen LogP) is 3.13. The van der Waals surface area contributed by atoms with Crippen molar-refractivity contribution >= 4 is 33.5 Å². The second kappa shape index (κ2) is 9.03. The molecule has 0 unspecified atom stereocenters. The number of carbonyl (C=O) groups is 1. The number of aromatic nitrogens is 2. The van der Waals surface area contributed by atoms with Crippen molar-refractivity contribution < 1.29 is 17.6 Å². The third-order valence-electron chi connectivity index (χ3n) is 3.79. The van der Waals surface area contributed by atoms with Gasteiger partial charge < -0.3 is 4.42 Å². The SMILES string of the molecule is Cc1ccc(SCC(=O)Nc2nnc(CCS(=O)(=O)c3ccccc3)o2)cc1. The van der Waals surface area contributed by atoms with Crippen molar-refractivity contribution in [3.05, 3.63) is 66.1 Å². The van der Waals surface area contributed by atoms with Crippen molar-refractivity contribution in [2.45, 2.75) is 23.1 Å². The van der Waals surface area contributed by atoms with Crippen LogP contribution in [0.25, 0.3) is 0 Å². The number of rotatable bonds is 8. The van der Waals surface area contributed by atoms with Gasteiger partial charge in [0.2, 0.25) is 11.8 Å². The summed E-state index contributed by atoms with van der Waals surface area (Å²) in [6, 6.07) is 16.0. The molecule has 1 N–H and O–H groups in total. The second-order valence-electron chi connectivity index (χ2n) is 6.03. The molecule has 3 rings (SSSR count). The van der Waals surface area contributed by atoms with Gasteiger partial charge in [-0.3, -0.25) is 10.1 Å². The largest absolute Gasteiger partial charge is 0.408 e. The Bertz CT molecular complexity index is 1030. The Hall–Kier alpha value is -2.65. The number of anilines is 1. The van der Waals surface area contributed by atoms with E-state index in [1.54, 1.807) is 30.3 Å². The molecule has 0 atom stereocenters. The Morgan fingerprint density at radius 3 is 2.50 bits per heavy atom. The fourth-order valence-electron chi connectivity index (χ4n) is 2.31. The molecular weight excluding hydrogens is 398 g/mol. The van der Waals surface area contributed by atoms with Crippen LogP contribution in [0, 0.1) is 6.92 Å². The normalized spacial score (nSPS) is 11.3. The van der Waals surface area contributed by atoms with Crippen LogP contribution < -0.4 is 5.32 Å². The summed E-state index contributed by atoms with van der Waals surface area (Å²) in [5.41, 5.74) is 1.15. The van der Waals surface area contributed by atoms with Gasteiger partial charge >= 0.3 is 6.01 Å². The van der Waals surface area contributed by atoms with Gasteiger partial charge in [-0.2, -0.15) is 0 Å². The number of hydrogen-bond donors (Lipinski definition) is 1. The van der Waals surface area contributed by atoms with Crippen LogP contribution in [0.4, 0.5) is 6.01 Å². The molecule has 0 saturated heterocycles. The van der Waals surface area contributed by atoms with Crippen LogP contribution in [0.5, 0.6) is 0 Å². The van der Waals surface area contributed by atoms with Crippen LogP contribution in [0.15, 0.2) is 68.8 Å². The standard InChI is InChI=1S/C19H19N3O4S2/c1-14-7-9-15(10-8-14)27-13-17(23)20-19-22-21-18(26-19)11-12-28(24,25)16-5-3-2-4-6-16/h2-10H,11-13H2,1H3,(H,20,22,23). The minimum Gasteiger partial charge on any atom is -0.408 e. The number of nitrogens with zero attached hydrogens (tertiary/aromatic N) is 2. The maximum Gasteiger partial charge on any atom is 0.322 e. The van der Waals surface area contributed by atoms with Crippen molar-refractivity contribution in [3.8, 4) is 0 Å². The van der Waals surface area contributed by atoms with E-state index in [9.17, 15) is 13.2 Å². The zero-order valence-corrected chi connectivity index (χ0v) is 16.8. The average Bonchev–Trinajstić information content (AvgIpc) is 3.14. The molecule has 1 amide bonds. The first-order valence-corrected chi connectivity index (χ1v) is 11.2. The van der Waals surface area contributed by atoms with Crippen molar-refractivity contribution in [3.63, 3.8) is 0 Å². The lowest BCUT2D eigenvalue weighted by molar-refractivity contribution is -0.113. The Balaban J connectivity index is 1.49. The summed E-state index contributed by atoms with van der Waals surface area (Å²) in [6.45, 7) is 2.00. The van der Waals surface area contributed by atoms with Crippen LogP contribution in [0.2, 0.25) is 0 Å². The van der Waals surface area contributed by atoms with Gasteiger partial charge in [-0.05, 0) is 31.2 Å². The van der Waals surface area contributed by atoms with Crippen LogP contribution in [0.1, 0.15) is 11.5 Å². The number of benzene rings is 2. The molecule has 0 fully saturated rings. The van der Waals surface area contributed by atoms with Gasteiger partial charge in [-0.15, -0.1) is 16.9 Å². The van der Waals surface area contributed by atoms with Crippen molar-refractivity contribution in [1.29, 1.82) is 0 Å². The summed E-state index contributed by atoms with van der Waals surface area (Å²) in [4.78, 5) is 13.2. The summed E-state index contributed by atoms with van der Waals surface area (Å²) >= 11 is 1.39. The quantitative estimate of drug-likeness (QED) is 0.562. The molecule has 0 radical (unpaired) electrons. The Kier molecular flexibility index (Phi) is 6.48. The topological polar surface area (TPSA) is 102 Å². The maximum atomic E-state index is 12.3. The number of carbonyl (C=O) groups excluding carboxylic acids is 1. The minimum absolute atomic E-state index is 0.0402. The number of thioether (sulfide) groups is 1. The third-order valence-corrected chi connectivity index (χ3v) is 6.54. The third kappa shape index (κ3) is 5.67. The highest BCUT2D eigenvalue weighted by Crippen LogP contribution is 2.19. The molecule has 0 bridgehead atoms. The molecule has 1 heterocycles. The van der Waals surface area contributed by atoms with Gasteiger partial charge in [0.25, 0.3) is 0 Å². The Morgan fingerprint density at radius 2 is 1.79 bits per heavy atom. The lowest BCUT2D eigenvalue weighted by Gasteiger charge is -2.02. The lowest BCUT2D eigenvalue weighted by Crippen LogP contribution is -2.14. The van der Waals surface area contributed by atoms with E-state index in [0.717, 1.165) is 10.5 Å². The van der Waals surface area contributed by atoms with E-state index in [1.807, 2.05) is 31.2 Å². The van der Waals surface area contributed by atoms with Crippen LogP contribution in [-0.4, -0.2) is 36.0 Å². The zero-order chi connectivity index (χ0) is 20.0. The smallest absolute Gasteiger partial charge is 0.322 e. The fraction of sp³-hybridized carbons (Fsp3) is 0.211. The van der Waals surface area contributed by atoms with Crippen molar-refractivity contribution in [2.24, 2.45) is 0 Å². The van der Waals surface area contributed by atoms with Crippen LogP contribution in [0.3, 0.4) is 0 Å². The second-order valence-corrected chi connectivity index (χ2v) is 9.19. The highest BCUT2D eigenvalue weighted by Gasteiger charge is 2.17. The Morgan fingerprint density at radius 1 is 1.07 bits per heavy atom. The molecule has 0 saturated carbocycles. The summed E-state index contributed by atoms with van der Waals surface area (Å²) in [5, 5.41) is 10.1. The van der Waals surface area contributed by atoms with E-state index in [-0.39, 0.29) is 40.6 Å². The van der Waals surface area contributed by atoms with Crippen LogP contribution in [-0.2, 0) is 21.1 Å². The molecule has 9 heteroatoms. The van der Waals surface area contributed by atoms with Crippen LogP contribution >= 0.6 is 11.8 Å². The van der Waals surface area contributed by atoms with E-state index in [2.05, 4.69) is 15.5 Å². The minimum atomic E-state index is -3.43. The number of nitrogens with one attached hydrogen (secondary N) is 1. The highest BCUT2D eigenvalue weighted by atomic mass is 32.2. The van der Waals surface area contributed by atoms with Gasteiger partial charge in [0.15, 0.2) is 9.84 Å². The molecule has 2 aromatic carbocycles. The van der Waals surface area contributed by atoms with E-state index < -0.39 is 9.84 Å². The molecule has 0 aliphatic rings. The average molecular weight is 418 g/mol. The summed E-state index contributed by atoms with van der Waals surface area (Å²) in [5.74, 6) is -0.0855. The molecule has 0 spiro atoms. The van der Waals surface area contributed by atoms with E-state index in [1.165, 1.54) is 11.8 Å². The molecule has 0 aliphatic heterocycles. The molecule has 0 aliphatic carbocycles. The van der Waals surface area contributed by atoms with Gasteiger partial charge in [-0.1, -0.05) is 41.0 Å². The maximum absolute atomic E-state index is 12.3. The number of sulfone groups is 1. The van der Waals surface area contributed by atoms with E-state index in [0.29, 0.717) is 0 Å². The Labute approximate surface area is 167 Å². The van der Waals surface area contributed by atoms with E-state index in [4.69, 9.17) is 4.42 Å².